The van der Waals surface area contributed by atoms with E-state index < -0.39 is 0 Å². The van der Waals surface area contributed by atoms with Gasteiger partial charge in [-0.05, 0) is 24.6 Å². The molecule has 0 saturated carbocycles. The van der Waals surface area contributed by atoms with E-state index in [1.165, 1.54) is 0 Å². The minimum absolute atomic E-state index is 0.0575. The second-order valence-electron chi connectivity index (χ2n) is 3.98. The number of rotatable bonds is 2. The van der Waals surface area contributed by atoms with Crippen molar-refractivity contribution in [3.05, 3.63) is 23.8 Å². The van der Waals surface area contributed by atoms with E-state index in [-0.39, 0.29) is 11.3 Å². The third-order valence-corrected chi connectivity index (χ3v) is 3.00. The summed E-state index contributed by atoms with van der Waals surface area (Å²) in [5, 5.41) is -0.0986. The number of anilines is 1. The summed E-state index contributed by atoms with van der Waals surface area (Å²) in [5.41, 5.74) is 1.91. The Morgan fingerprint density at radius 3 is 2.81 bits per heavy atom. The van der Waals surface area contributed by atoms with Gasteiger partial charge in [-0.3, -0.25) is 4.79 Å². The molecule has 1 aromatic rings. The number of amides is 1. The highest BCUT2D eigenvalue weighted by molar-refractivity contribution is 6.24. The van der Waals surface area contributed by atoms with E-state index in [0.717, 1.165) is 17.0 Å². The second-order valence-corrected chi connectivity index (χ2v) is 4.60. The van der Waals surface area contributed by atoms with Gasteiger partial charge in [-0.15, -0.1) is 11.6 Å². The Bertz CT molecular complexity index is 419. The molecular weight excluding hydrogens is 226 g/mol. The average Bonchev–Trinajstić information content (AvgIpc) is 2.57. The zero-order valence-electron chi connectivity index (χ0n) is 9.37. The molecule has 1 saturated heterocycles. The molecule has 1 atom stereocenters. The van der Waals surface area contributed by atoms with Gasteiger partial charge in [0.05, 0.1) is 18.2 Å². The van der Waals surface area contributed by atoms with Gasteiger partial charge < -0.3 is 9.64 Å². The average molecular weight is 240 g/mol. The van der Waals surface area contributed by atoms with Crippen LogP contribution in [0.3, 0.4) is 0 Å². The number of carbonyl (C=O) groups excluding carboxylic acids is 1. The van der Waals surface area contributed by atoms with Crippen LogP contribution in [0.25, 0.3) is 0 Å². The number of hydrogen-bond acceptors (Lipinski definition) is 2. The molecule has 0 N–H and O–H groups in total. The number of benzene rings is 1. The van der Waals surface area contributed by atoms with Gasteiger partial charge in [-0.2, -0.15) is 0 Å². The molecule has 1 aliphatic rings. The van der Waals surface area contributed by atoms with Crippen LogP contribution in [0.4, 0.5) is 5.69 Å². The Balaban J connectivity index is 2.36. The van der Waals surface area contributed by atoms with Crippen molar-refractivity contribution in [1.29, 1.82) is 0 Å². The molecule has 2 rings (SSSR count). The summed E-state index contributed by atoms with van der Waals surface area (Å²) in [6, 6.07) is 5.79. The molecule has 1 amide bonds. The van der Waals surface area contributed by atoms with Crippen LogP contribution in [0, 0.1) is 6.92 Å². The van der Waals surface area contributed by atoms with Crippen molar-refractivity contribution in [1.82, 2.24) is 0 Å². The van der Waals surface area contributed by atoms with Crippen molar-refractivity contribution in [2.45, 2.75) is 18.7 Å². The summed E-state index contributed by atoms with van der Waals surface area (Å²) in [5.74, 6) is 0.779. The van der Waals surface area contributed by atoms with E-state index in [1.807, 2.05) is 25.1 Å². The molecular formula is C12H14ClNO2. The molecule has 1 aliphatic heterocycles. The van der Waals surface area contributed by atoms with E-state index >= 15 is 0 Å². The molecule has 1 aromatic carbocycles. The molecule has 1 heterocycles. The molecule has 3 nitrogen and oxygen atoms in total. The summed E-state index contributed by atoms with van der Waals surface area (Å²) in [6.07, 6.45) is 0.401. The lowest BCUT2D eigenvalue weighted by molar-refractivity contribution is -0.117. The zero-order valence-corrected chi connectivity index (χ0v) is 10.1. The summed E-state index contributed by atoms with van der Waals surface area (Å²) in [4.78, 5) is 13.4. The van der Waals surface area contributed by atoms with Gasteiger partial charge in [0, 0.05) is 13.0 Å². The van der Waals surface area contributed by atoms with Crippen LogP contribution in [-0.4, -0.2) is 24.9 Å². The number of nitrogens with zero attached hydrogens (tertiary/aromatic N) is 1. The quantitative estimate of drug-likeness (QED) is 0.742. The molecule has 0 aromatic heterocycles. The van der Waals surface area contributed by atoms with Crippen LogP contribution >= 0.6 is 11.6 Å². The Morgan fingerprint density at radius 2 is 2.25 bits per heavy atom. The van der Waals surface area contributed by atoms with Crippen LogP contribution < -0.4 is 9.64 Å². The minimum Gasteiger partial charge on any atom is -0.495 e. The molecule has 1 unspecified atom stereocenters. The maximum atomic E-state index is 11.7. The van der Waals surface area contributed by atoms with Crippen LogP contribution in [-0.2, 0) is 4.79 Å². The molecule has 0 radical (unpaired) electrons. The SMILES string of the molecule is COc1cc(C)ccc1N1CC(Cl)CC1=O. The van der Waals surface area contributed by atoms with Gasteiger partial charge in [-0.1, -0.05) is 6.07 Å². The highest BCUT2D eigenvalue weighted by Crippen LogP contribution is 2.33. The first-order chi connectivity index (χ1) is 7.61. The normalized spacial score (nSPS) is 20.3. The summed E-state index contributed by atoms with van der Waals surface area (Å²) < 4.78 is 5.29. The maximum absolute atomic E-state index is 11.7. The smallest absolute Gasteiger partial charge is 0.228 e. The first-order valence-corrected chi connectivity index (χ1v) is 5.64. The number of hydrogen-bond donors (Lipinski definition) is 0. The fourth-order valence-electron chi connectivity index (χ4n) is 1.90. The third kappa shape index (κ3) is 2.00. The van der Waals surface area contributed by atoms with Gasteiger partial charge in [0.2, 0.25) is 5.91 Å². The number of methoxy groups -OCH3 is 1. The lowest BCUT2D eigenvalue weighted by Crippen LogP contribution is -2.25. The predicted molar refractivity (Wildman–Crippen MR) is 64.3 cm³/mol. The van der Waals surface area contributed by atoms with Crippen molar-refractivity contribution in [2.75, 3.05) is 18.6 Å². The number of halogens is 1. The van der Waals surface area contributed by atoms with Crippen molar-refractivity contribution >= 4 is 23.2 Å². The van der Waals surface area contributed by atoms with E-state index in [4.69, 9.17) is 16.3 Å². The van der Waals surface area contributed by atoms with E-state index in [1.54, 1.807) is 12.0 Å². The van der Waals surface area contributed by atoms with Crippen molar-refractivity contribution in [2.24, 2.45) is 0 Å². The standard InChI is InChI=1S/C12H14ClNO2/c1-8-3-4-10(11(5-8)16-2)14-7-9(13)6-12(14)15/h3-5,9H,6-7H2,1-2H3. The largest absolute Gasteiger partial charge is 0.495 e. The minimum atomic E-state index is -0.0986. The highest BCUT2D eigenvalue weighted by Gasteiger charge is 2.30. The number of ether oxygens (including phenoxy) is 1. The summed E-state index contributed by atoms with van der Waals surface area (Å²) in [7, 11) is 1.61. The Kier molecular flexibility index (Phi) is 3.06. The van der Waals surface area contributed by atoms with Crippen molar-refractivity contribution in [3.8, 4) is 5.75 Å². The molecule has 0 aliphatic carbocycles. The molecule has 4 heteroatoms. The van der Waals surface area contributed by atoms with Gasteiger partial charge in [0.1, 0.15) is 5.75 Å². The van der Waals surface area contributed by atoms with Gasteiger partial charge >= 0.3 is 0 Å². The van der Waals surface area contributed by atoms with E-state index in [0.29, 0.717) is 13.0 Å². The molecule has 86 valence electrons. The predicted octanol–water partition coefficient (Wildman–Crippen LogP) is 2.35. The zero-order chi connectivity index (χ0) is 11.7. The van der Waals surface area contributed by atoms with Crippen molar-refractivity contribution in [3.63, 3.8) is 0 Å². The van der Waals surface area contributed by atoms with Crippen LogP contribution in [0.2, 0.25) is 0 Å². The Morgan fingerprint density at radius 1 is 1.50 bits per heavy atom. The van der Waals surface area contributed by atoms with Gasteiger partial charge in [0.15, 0.2) is 0 Å². The Labute approximate surface area is 100.0 Å². The molecule has 0 spiro atoms. The molecule has 0 bridgehead atoms. The lowest BCUT2D eigenvalue weighted by Gasteiger charge is -2.19. The topological polar surface area (TPSA) is 29.5 Å². The summed E-state index contributed by atoms with van der Waals surface area (Å²) in [6.45, 7) is 2.54. The highest BCUT2D eigenvalue weighted by atomic mass is 35.5. The molecule has 1 fully saturated rings. The Hall–Kier alpha value is -1.22. The fraction of sp³-hybridized carbons (Fsp3) is 0.417. The van der Waals surface area contributed by atoms with Crippen LogP contribution in [0.15, 0.2) is 18.2 Å². The van der Waals surface area contributed by atoms with Crippen molar-refractivity contribution < 1.29 is 9.53 Å². The molecule has 16 heavy (non-hydrogen) atoms. The van der Waals surface area contributed by atoms with E-state index in [9.17, 15) is 4.79 Å². The maximum Gasteiger partial charge on any atom is 0.228 e. The lowest BCUT2D eigenvalue weighted by atomic mass is 10.2. The van der Waals surface area contributed by atoms with Crippen LogP contribution in [0.5, 0.6) is 5.75 Å². The fourth-order valence-corrected chi connectivity index (χ4v) is 2.17. The number of aryl methyl sites for hydroxylation is 1. The number of carbonyl (C=O) groups is 1. The first-order valence-electron chi connectivity index (χ1n) is 5.21. The van der Waals surface area contributed by atoms with E-state index in [2.05, 4.69) is 0 Å². The van der Waals surface area contributed by atoms with Crippen LogP contribution in [0.1, 0.15) is 12.0 Å². The second kappa shape index (κ2) is 4.34. The number of alkyl halides is 1. The third-order valence-electron chi connectivity index (χ3n) is 2.70. The van der Waals surface area contributed by atoms with Gasteiger partial charge in [0.25, 0.3) is 0 Å². The van der Waals surface area contributed by atoms with Gasteiger partial charge in [-0.25, -0.2) is 0 Å². The first kappa shape index (κ1) is 11.3. The monoisotopic (exact) mass is 239 g/mol. The summed E-state index contributed by atoms with van der Waals surface area (Å²) >= 11 is 5.98.